The summed E-state index contributed by atoms with van der Waals surface area (Å²) in [4.78, 5) is 22.6. The third-order valence-corrected chi connectivity index (χ3v) is 9.56. The fraction of sp³-hybridized carbons (Fsp3) is 0.486. The third kappa shape index (κ3) is 6.79. The molecule has 3 atom stereocenters. The van der Waals surface area contributed by atoms with E-state index < -0.39 is 11.3 Å². The van der Waals surface area contributed by atoms with E-state index in [1.807, 2.05) is 43.7 Å². The van der Waals surface area contributed by atoms with Gasteiger partial charge in [-0.25, -0.2) is 4.98 Å². The van der Waals surface area contributed by atoms with Crippen LogP contribution in [0.4, 0.5) is 0 Å². The minimum atomic E-state index is -1.01. The molecule has 4 aromatic rings. The molecule has 3 heterocycles. The predicted octanol–water partition coefficient (Wildman–Crippen LogP) is 4.70. The van der Waals surface area contributed by atoms with Gasteiger partial charge in [0.05, 0.1) is 32.6 Å². The Balaban J connectivity index is 1.27. The van der Waals surface area contributed by atoms with Crippen LogP contribution >= 0.6 is 0 Å². The van der Waals surface area contributed by atoms with Crippen molar-refractivity contribution in [3.63, 3.8) is 0 Å². The second-order valence-electron chi connectivity index (χ2n) is 13.1. The van der Waals surface area contributed by atoms with Crippen molar-refractivity contribution < 1.29 is 19.1 Å². The van der Waals surface area contributed by atoms with Crippen molar-refractivity contribution in [3.8, 4) is 17.1 Å². The lowest BCUT2D eigenvalue weighted by molar-refractivity contribution is -0.922. The smallest absolute Gasteiger partial charge is 0.232 e. The summed E-state index contributed by atoms with van der Waals surface area (Å²) in [6, 6.07) is 14.3. The van der Waals surface area contributed by atoms with E-state index in [1.165, 1.54) is 0 Å². The standard InChI is InChI=1S/C35H46N6O3/c1-5-6-10-29-19-27-9-7-8-11-30(27)33(39-29)44-17-16-41(3,4)32-15-13-25(20-35(32,24-42)34(36)43)18-26-12-14-31(37-21-26)28-22-38-40(2)23-28/h7-9,11-12,14,19,21-23,25,32,42H,5-6,10,13,15-18,20,24H2,1-4H3,(H-,36,43)/p+1/t25?,32-,35+/m0/s1. The van der Waals surface area contributed by atoms with Gasteiger partial charge in [-0.05, 0) is 67.2 Å². The molecule has 1 fully saturated rings. The number of benzene rings is 1. The largest absolute Gasteiger partial charge is 0.471 e. The Morgan fingerprint density at radius 1 is 1.18 bits per heavy atom. The first kappa shape index (κ1) is 31.6. The van der Waals surface area contributed by atoms with Crippen molar-refractivity contribution in [1.82, 2.24) is 19.7 Å². The average molecular weight is 600 g/mol. The van der Waals surface area contributed by atoms with E-state index in [9.17, 15) is 9.90 Å². The second-order valence-corrected chi connectivity index (χ2v) is 13.1. The second kappa shape index (κ2) is 13.4. The highest BCUT2D eigenvalue weighted by molar-refractivity contribution is 5.87. The number of aromatic nitrogens is 4. The summed E-state index contributed by atoms with van der Waals surface area (Å²) in [5.74, 6) is 0.446. The van der Waals surface area contributed by atoms with Crippen molar-refractivity contribution in [1.29, 1.82) is 0 Å². The summed E-state index contributed by atoms with van der Waals surface area (Å²) >= 11 is 0. The minimum absolute atomic E-state index is 0.128. The van der Waals surface area contributed by atoms with E-state index >= 15 is 0 Å². The van der Waals surface area contributed by atoms with Crippen molar-refractivity contribution in [3.05, 3.63) is 72.3 Å². The number of aliphatic hydroxyl groups is 1. The molecule has 0 aliphatic heterocycles. The van der Waals surface area contributed by atoms with Gasteiger partial charge in [0.25, 0.3) is 0 Å². The molecule has 0 saturated heterocycles. The molecule has 1 amide bonds. The Labute approximate surface area is 260 Å². The summed E-state index contributed by atoms with van der Waals surface area (Å²) in [5.41, 5.74) is 9.11. The lowest BCUT2D eigenvalue weighted by Gasteiger charge is -2.51. The third-order valence-electron chi connectivity index (χ3n) is 9.56. The summed E-state index contributed by atoms with van der Waals surface area (Å²) in [6.07, 6.45) is 11.8. The minimum Gasteiger partial charge on any atom is -0.471 e. The van der Waals surface area contributed by atoms with Crippen molar-refractivity contribution in [2.75, 3.05) is 33.9 Å². The number of rotatable bonds is 13. The number of hydrogen-bond donors (Lipinski definition) is 2. The molecule has 0 radical (unpaired) electrons. The number of hydrogen-bond acceptors (Lipinski definition) is 6. The molecular formula is C35H47N6O3+. The number of aryl methyl sites for hydroxylation is 2. The van der Waals surface area contributed by atoms with Crippen LogP contribution in [-0.2, 0) is 24.7 Å². The molecule has 0 spiro atoms. The van der Waals surface area contributed by atoms with E-state index in [0.29, 0.717) is 29.9 Å². The first-order chi connectivity index (χ1) is 21.1. The van der Waals surface area contributed by atoms with Crippen LogP contribution < -0.4 is 10.5 Å². The van der Waals surface area contributed by atoms with Crippen LogP contribution in [0.1, 0.15) is 50.3 Å². The van der Waals surface area contributed by atoms with E-state index in [0.717, 1.165) is 71.8 Å². The number of likely N-dealkylation sites (N-methyl/N-ethyl adjacent to an activating group) is 1. The van der Waals surface area contributed by atoms with Gasteiger partial charge in [0.1, 0.15) is 24.6 Å². The van der Waals surface area contributed by atoms with Crippen molar-refractivity contribution >= 4 is 16.7 Å². The van der Waals surface area contributed by atoms with E-state index in [2.05, 4.69) is 49.3 Å². The molecule has 3 aromatic heterocycles. The topological polar surface area (TPSA) is 116 Å². The summed E-state index contributed by atoms with van der Waals surface area (Å²) in [5, 5.41) is 17.1. The summed E-state index contributed by atoms with van der Waals surface area (Å²) < 4.78 is 8.64. The van der Waals surface area contributed by atoms with Gasteiger partial charge >= 0.3 is 0 Å². The van der Waals surface area contributed by atoms with Crippen LogP contribution in [0, 0.1) is 11.3 Å². The Morgan fingerprint density at radius 2 is 2.00 bits per heavy atom. The molecule has 44 heavy (non-hydrogen) atoms. The molecule has 0 bridgehead atoms. The monoisotopic (exact) mass is 599 g/mol. The first-order valence-corrected chi connectivity index (χ1v) is 15.8. The summed E-state index contributed by atoms with van der Waals surface area (Å²) in [7, 11) is 6.12. The molecule has 9 heteroatoms. The van der Waals surface area contributed by atoms with Crippen LogP contribution in [0.15, 0.2) is 61.1 Å². The maximum atomic E-state index is 13.1. The fourth-order valence-electron chi connectivity index (χ4n) is 7.08. The number of primary amides is 1. The Kier molecular flexibility index (Phi) is 9.65. The van der Waals surface area contributed by atoms with Crippen LogP contribution in [0.25, 0.3) is 22.0 Å². The molecule has 3 N–H and O–H groups in total. The summed E-state index contributed by atoms with van der Waals surface area (Å²) in [6.45, 7) is 3.01. The number of fused-ring (bicyclic) bond motifs is 1. The highest BCUT2D eigenvalue weighted by Gasteiger charge is 2.55. The zero-order chi connectivity index (χ0) is 31.3. The van der Waals surface area contributed by atoms with Crippen LogP contribution in [0.5, 0.6) is 5.88 Å². The quantitative estimate of drug-likeness (QED) is 0.215. The number of pyridine rings is 2. The van der Waals surface area contributed by atoms with Gasteiger partial charge in [0.2, 0.25) is 11.8 Å². The number of carbonyl (C=O) groups is 1. The zero-order valence-electron chi connectivity index (χ0n) is 26.6. The van der Waals surface area contributed by atoms with Crippen LogP contribution in [0.2, 0.25) is 0 Å². The molecule has 1 aliphatic carbocycles. The van der Waals surface area contributed by atoms with Crippen LogP contribution in [-0.4, -0.2) is 75.1 Å². The molecule has 1 saturated carbocycles. The number of nitrogens with zero attached hydrogens (tertiary/aromatic N) is 5. The maximum Gasteiger partial charge on any atom is 0.232 e. The number of unbranched alkanes of at least 4 members (excludes halogenated alkanes) is 1. The fourth-order valence-corrected chi connectivity index (χ4v) is 7.08. The Hall–Kier alpha value is -3.82. The highest BCUT2D eigenvalue weighted by atomic mass is 16.5. The lowest BCUT2D eigenvalue weighted by Crippen LogP contribution is -2.65. The highest BCUT2D eigenvalue weighted by Crippen LogP contribution is 2.44. The van der Waals surface area contributed by atoms with Gasteiger partial charge in [-0.1, -0.05) is 37.6 Å². The van der Waals surface area contributed by atoms with Gasteiger partial charge in [-0.3, -0.25) is 14.5 Å². The first-order valence-electron chi connectivity index (χ1n) is 15.8. The lowest BCUT2D eigenvalue weighted by atomic mass is 9.64. The predicted molar refractivity (Wildman–Crippen MR) is 173 cm³/mol. The Bertz CT molecular complexity index is 1570. The molecular weight excluding hydrogens is 552 g/mol. The SMILES string of the molecule is CCCCc1cc2ccccc2c(OCC[N+](C)(C)[C@H]2CCC(Cc3ccc(-c4cnn(C)c4)nc3)C[C@]2(CO)C(N)=O)n1. The van der Waals surface area contributed by atoms with Gasteiger partial charge in [0.15, 0.2) is 0 Å². The van der Waals surface area contributed by atoms with Gasteiger partial charge in [-0.15, -0.1) is 0 Å². The number of amides is 1. The van der Waals surface area contributed by atoms with Gasteiger partial charge in [0, 0.05) is 42.5 Å². The van der Waals surface area contributed by atoms with E-state index in [1.54, 1.807) is 10.9 Å². The number of carbonyl (C=O) groups excluding carboxylic acids is 1. The normalized spacial score (nSPS) is 20.6. The molecule has 9 nitrogen and oxygen atoms in total. The number of aliphatic hydroxyl groups excluding tert-OH is 1. The van der Waals surface area contributed by atoms with Crippen molar-refractivity contribution in [2.45, 2.75) is 57.9 Å². The van der Waals surface area contributed by atoms with Gasteiger partial charge in [-0.2, -0.15) is 5.10 Å². The average Bonchev–Trinajstić information content (AvgIpc) is 3.46. The Morgan fingerprint density at radius 3 is 2.68 bits per heavy atom. The zero-order valence-corrected chi connectivity index (χ0v) is 26.6. The van der Waals surface area contributed by atoms with E-state index in [4.69, 9.17) is 15.5 Å². The maximum absolute atomic E-state index is 13.1. The van der Waals surface area contributed by atoms with E-state index in [-0.39, 0.29) is 18.6 Å². The number of quaternary nitrogens is 1. The molecule has 1 aliphatic rings. The van der Waals surface area contributed by atoms with Crippen LogP contribution in [0.3, 0.4) is 0 Å². The molecule has 5 rings (SSSR count). The van der Waals surface area contributed by atoms with Gasteiger partial charge < -0.3 is 20.1 Å². The number of ether oxygens (including phenoxy) is 1. The molecule has 234 valence electrons. The van der Waals surface area contributed by atoms with Crippen molar-refractivity contribution in [2.24, 2.45) is 24.1 Å². The molecule has 1 aromatic carbocycles. The molecule has 1 unspecified atom stereocenters. The number of nitrogens with two attached hydrogens (primary N) is 1.